The Balaban J connectivity index is 1.12. The molecule has 3 N–H and O–H groups in total. The van der Waals surface area contributed by atoms with Gasteiger partial charge in [0.25, 0.3) is 11.1 Å². The zero-order valence-electron chi connectivity index (χ0n) is 19.3. The molecule has 2 saturated heterocycles. The van der Waals surface area contributed by atoms with E-state index in [1.807, 2.05) is 6.07 Å². The van der Waals surface area contributed by atoms with E-state index in [0.717, 1.165) is 55.4 Å². The van der Waals surface area contributed by atoms with Crippen LogP contribution in [0.5, 0.6) is 0 Å². The molecular weight excluding hydrogens is 478 g/mol. The Kier molecular flexibility index (Phi) is 7.01. The van der Waals surface area contributed by atoms with Crippen LogP contribution in [0.4, 0.5) is 10.7 Å². The molecule has 11 nitrogen and oxygen atoms in total. The standard InChI is InChI=1S/C24H23N9O2S/c25-9-17-7-16(12-28-21(17)18-13-29-30-14-18)11-26-10-15-2-5-33(6-3-15)23-27-4-1-19(31-23)8-20-22(34)32-24(35)36-20/h1,4,7-8,12-15,26H,2-3,5-6,10-11H2,(H,29,30)(H,32,34,35). The SMILES string of the molecule is N#Cc1cc(CNCC2CCN(c3nccc(C=C4SC(=O)NC4=O)n3)CC2)cnc1-c1cn[nH]c1. The van der Waals surface area contributed by atoms with E-state index in [9.17, 15) is 14.9 Å². The van der Waals surface area contributed by atoms with E-state index in [1.54, 1.807) is 36.9 Å². The molecule has 0 spiro atoms. The van der Waals surface area contributed by atoms with E-state index in [0.29, 0.717) is 40.3 Å². The van der Waals surface area contributed by atoms with Gasteiger partial charge < -0.3 is 10.2 Å². The van der Waals surface area contributed by atoms with Crippen LogP contribution < -0.4 is 15.5 Å². The fourth-order valence-electron chi connectivity index (χ4n) is 4.21. The normalized spacial score (nSPS) is 17.4. The second-order valence-electron chi connectivity index (χ2n) is 8.53. The molecule has 3 aromatic heterocycles. The number of aromatic nitrogens is 5. The average Bonchev–Trinajstić information content (AvgIpc) is 3.54. The molecule has 0 atom stereocenters. The molecule has 0 bridgehead atoms. The predicted molar refractivity (Wildman–Crippen MR) is 134 cm³/mol. The Morgan fingerprint density at radius 3 is 2.83 bits per heavy atom. The average molecular weight is 502 g/mol. The highest BCUT2D eigenvalue weighted by Gasteiger charge is 2.25. The lowest BCUT2D eigenvalue weighted by atomic mass is 9.97. The molecule has 36 heavy (non-hydrogen) atoms. The molecule has 3 aromatic rings. The van der Waals surface area contributed by atoms with Gasteiger partial charge in [-0.3, -0.25) is 25.0 Å². The predicted octanol–water partition coefficient (Wildman–Crippen LogP) is 2.46. The number of anilines is 1. The van der Waals surface area contributed by atoms with Crippen molar-refractivity contribution in [3.63, 3.8) is 0 Å². The van der Waals surface area contributed by atoms with E-state index in [1.165, 1.54) is 0 Å². The molecule has 2 fully saturated rings. The molecule has 5 heterocycles. The summed E-state index contributed by atoms with van der Waals surface area (Å²) in [6.45, 7) is 3.17. The van der Waals surface area contributed by atoms with Crippen molar-refractivity contribution in [2.45, 2.75) is 19.4 Å². The summed E-state index contributed by atoms with van der Waals surface area (Å²) in [5.74, 6) is 0.745. The van der Waals surface area contributed by atoms with E-state index in [-0.39, 0.29) is 5.24 Å². The van der Waals surface area contributed by atoms with Crippen LogP contribution in [0.2, 0.25) is 0 Å². The monoisotopic (exact) mass is 501 g/mol. The van der Waals surface area contributed by atoms with Gasteiger partial charge in [-0.05, 0) is 60.8 Å². The van der Waals surface area contributed by atoms with Crippen molar-refractivity contribution in [3.05, 3.63) is 58.6 Å². The number of hydrogen-bond acceptors (Lipinski definition) is 10. The van der Waals surface area contributed by atoms with Crippen LogP contribution in [0.15, 0.2) is 41.8 Å². The third kappa shape index (κ3) is 5.42. The summed E-state index contributed by atoms with van der Waals surface area (Å²) in [4.78, 5) is 39.1. The van der Waals surface area contributed by atoms with Crippen LogP contribution in [-0.4, -0.2) is 55.9 Å². The first-order chi connectivity index (χ1) is 17.6. The fraction of sp³-hybridized carbons (Fsp3) is 0.292. The van der Waals surface area contributed by atoms with Crippen LogP contribution in [0.1, 0.15) is 29.7 Å². The lowest BCUT2D eigenvalue weighted by molar-refractivity contribution is -0.115. The molecule has 5 rings (SSSR count). The minimum Gasteiger partial charge on any atom is -0.341 e. The minimum atomic E-state index is -0.396. The summed E-state index contributed by atoms with van der Waals surface area (Å²) in [5.41, 5.74) is 3.51. The zero-order valence-corrected chi connectivity index (χ0v) is 20.1. The molecule has 12 heteroatoms. The van der Waals surface area contributed by atoms with Gasteiger partial charge in [-0.15, -0.1) is 0 Å². The first-order valence-corrected chi connectivity index (χ1v) is 12.3. The number of imide groups is 1. The van der Waals surface area contributed by atoms with Gasteiger partial charge >= 0.3 is 0 Å². The molecular formula is C24H23N9O2S. The summed E-state index contributed by atoms with van der Waals surface area (Å²) < 4.78 is 0. The van der Waals surface area contributed by atoms with Crippen LogP contribution >= 0.6 is 11.8 Å². The highest BCUT2D eigenvalue weighted by molar-refractivity contribution is 8.18. The van der Waals surface area contributed by atoms with Crippen molar-refractivity contribution in [1.29, 1.82) is 5.26 Å². The maximum Gasteiger partial charge on any atom is 0.290 e. The van der Waals surface area contributed by atoms with Crippen molar-refractivity contribution in [2.24, 2.45) is 5.92 Å². The second kappa shape index (κ2) is 10.7. The van der Waals surface area contributed by atoms with Crippen LogP contribution in [0, 0.1) is 17.2 Å². The number of nitrogens with one attached hydrogen (secondary N) is 3. The van der Waals surface area contributed by atoms with Crippen molar-refractivity contribution in [2.75, 3.05) is 24.5 Å². The highest BCUT2D eigenvalue weighted by Crippen LogP contribution is 2.26. The number of piperidine rings is 1. The summed E-state index contributed by atoms with van der Waals surface area (Å²) in [5, 5.41) is 21.6. The number of rotatable bonds is 7. The third-order valence-electron chi connectivity index (χ3n) is 6.08. The van der Waals surface area contributed by atoms with Gasteiger partial charge in [-0.1, -0.05) is 0 Å². The number of pyridine rings is 1. The van der Waals surface area contributed by atoms with Crippen molar-refractivity contribution in [3.8, 4) is 17.3 Å². The molecule has 0 saturated carbocycles. The maximum atomic E-state index is 11.8. The van der Waals surface area contributed by atoms with E-state index in [2.05, 4.69) is 46.8 Å². The van der Waals surface area contributed by atoms with Crippen molar-refractivity contribution >= 4 is 34.9 Å². The highest BCUT2D eigenvalue weighted by atomic mass is 32.2. The number of H-pyrrole nitrogens is 1. The van der Waals surface area contributed by atoms with E-state index < -0.39 is 5.91 Å². The van der Waals surface area contributed by atoms with Gasteiger partial charge in [-0.2, -0.15) is 10.4 Å². The molecule has 182 valence electrons. The van der Waals surface area contributed by atoms with Gasteiger partial charge in [0.05, 0.1) is 28.1 Å². The largest absolute Gasteiger partial charge is 0.341 e. The molecule has 2 aliphatic heterocycles. The van der Waals surface area contributed by atoms with Crippen molar-refractivity contribution < 1.29 is 9.59 Å². The molecule has 0 aliphatic carbocycles. The topological polar surface area (TPSA) is 153 Å². The van der Waals surface area contributed by atoms with E-state index >= 15 is 0 Å². The third-order valence-corrected chi connectivity index (χ3v) is 6.89. The fourth-order valence-corrected chi connectivity index (χ4v) is 4.87. The molecule has 2 aliphatic rings. The van der Waals surface area contributed by atoms with Gasteiger partial charge in [0.2, 0.25) is 5.95 Å². The smallest absolute Gasteiger partial charge is 0.290 e. The van der Waals surface area contributed by atoms with Crippen molar-refractivity contribution in [1.82, 2.24) is 35.8 Å². The molecule has 0 radical (unpaired) electrons. The first kappa shape index (κ1) is 23.7. The lowest BCUT2D eigenvalue weighted by Gasteiger charge is -2.32. The number of thioether (sulfide) groups is 1. The summed E-state index contributed by atoms with van der Waals surface area (Å²) in [6, 6.07) is 5.81. The number of amides is 2. The van der Waals surface area contributed by atoms with Crippen LogP contribution in [0.3, 0.4) is 0 Å². The Morgan fingerprint density at radius 2 is 2.11 bits per heavy atom. The number of nitrogens with zero attached hydrogens (tertiary/aromatic N) is 6. The number of aromatic amines is 1. The summed E-state index contributed by atoms with van der Waals surface area (Å²) in [7, 11) is 0. The zero-order chi connectivity index (χ0) is 24.9. The Morgan fingerprint density at radius 1 is 1.25 bits per heavy atom. The Bertz CT molecular complexity index is 1340. The minimum absolute atomic E-state index is 0.336. The molecule has 0 unspecified atom stereocenters. The number of carbonyl (C=O) groups excluding carboxylic acids is 2. The first-order valence-electron chi connectivity index (χ1n) is 11.5. The molecule has 2 amide bonds. The number of carbonyl (C=O) groups is 2. The summed E-state index contributed by atoms with van der Waals surface area (Å²) >= 11 is 0.875. The Labute approximate surface area is 211 Å². The molecule has 0 aromatic carbocycles. The van der Waals surface area contributed by atoms with Gasteiger partial charge in [0.1, 0.15) is 6.07 Å². The Hall–Kier alpha value is -4.08. The van der Waals surface area contributed by atoms with Gasteiger partial charge in [0.15, 0.2) is 0 Å². The van der Waals surface area contributed by atoms with Gasteiger partial charge in [0, 0.05) is 43.8 Å². The van der Waals surface area contributed by atoms with Crippen LogP contribution in [-0.2, 0) is 11.3 Å². The number of hydrogen-bond donors (Lipinski definition) is 3. The summed E-state index contributed by atoms with van der Waals surface area (Å²) in [6.07, 6.45) is 10.4. The van der Waals surface area contributed by atoms with Gasteiger partial charge in [-0.25, -0.2) is 9.97 Å². The van der Waals surface area contributed by atoms with Crippen LogP contribution in [0.25, 0.3) is 17.3 Å². The number of nitriles is 1. The second-order valence-corrected chi connectivity index (χ2v) is 9.55. The lowest BCUT2D eigenvalue weighted by Crippen LogP contribution is -2.38. The quantitative estimate of drug-likeness (QED) is 0.412. The maximum absolute atomic E-state index is 11.8. The van der Waals surface area contributed by atoms with E-state index in [4.69, 9.17) is 0 Å².